The van der Waals surface area contributed by atoms with Crippen molar-refractivity contribution in [3.8, 4) is 11.8 Å². The number of urea groups is 1. The Morgan fingerprint density at radius 1 is 1.17 bits per heavy atom. The molecule has 2 amide bonds. The highest BCUT2D eigenvalue weighted by atomic mass is 35.5. The van der Waals surface area contributed by atoms with Crippen molar-refractivity contribution in [1.82, 2.24) is 19.5 Å². The van der Waals surface area contributed by atoms with Crippen LogP contribution in [0.5, 0.6) is 11.8 Å². The van der Waals surface area contributed by atoms with Gasteiger partial charge in [-0.05, 0) is 35.9 Å². The number of benzene rings is 2. The van der Waals surface area contributed by atoms with E-state index in [0.29, 0.717) is 29.0 Å². The predicted molar refractivity (Wildman–Crippen MR) is 115 cm³/mol. The molecule has 0 aliphatic rings. The smallest absolute Gasteiger partial charge is 0.321 e. The number of carbonyl (C=O) groups excluding carboxylic acids is 1. The fourth-order valence-electron chi connectivity index (χ4n) is 2.88. The molecule has 0 fully saturated rings. The van der Waals surface area contributed by atoms with E-state index in [1.807, 2.05) is 48.0 Å². The van der Waals surface area contributed by atoms with Crippen LogP contribution >= 0.6 is 11.6 Å². The third-order valence-corrected chi connectivity index (χ3v) is 4.52. The first-order valence-electron chi connectivity index (χ1n) is 8.99. The number of amides is 2. The lowest BCUT2D eigenvalue weighted by molar-refractivity contribution is 0.259. The first kappa shape index (κ1) is 19.5. The maximum Gasteiger partial charge on any atom is 0.321 e. The number of hydrogen-bond donors (Lipinski definition) is 3. The van der Waals surface area contributed by atoms with E-state index in [4.69, 9.17) is 22.1 Å². The minimum absolute atomic E-state index is 0.232. The standard InChI is InChI=1S/C20H18ClN7O2/c1-28-17-8-14(26-18(22)29)4-7-16(17)27-19(28)23-9-12-2-5-15(6-3-12)30-20-24-10-13(21)11-25-20/h2-8,10-11H,9H2,1H3,(H,23,27)(H3,22,26,29). The molecular formula is C20H18ClN7O2. The van der Waals surface area contributed by atoms with Crippen LogP contribution in [-0.2, 0) is 13.6 Å². The molecule has 0 saturated carbocycles. The van der Waals surface area contributed by atoms with Gasteiger partial charge in [-0.2, -0.15) is 0 Å². The molecule has 0 aliphatic carbocycles. The summed E-state index contributed by atoms with van der Waals surface area (Å²) in [6.45, 7) is 0.571. The summed E-state index contributed by atoms with van der Waals surface area (Å²) in [5.41, 5.74) is 8.52. The lowest BCUT2D eigenvalue weighted by Gasteiger charge is -2.08. The minimum atomic E-state index is -0.607. The third kappa shape index (κ3) is 4.41. The highest BCUT2D eigenvalue weighted by molar-refractivity contribution is 6.30. The molecule has 0 saturated heterocycles. The number of imidazole rings is 1. The number of halogens is 1. The second kappa shape index (κ2) is 8.26. The van der Waals surface area contributed by atoms with Crippen molar-refractivity contribution in [1.29, 1.82) is 0 Å². The summed E-state index contributed by atoms with van der Waals surface area (Å²) in [6.07, 6.45) is 2.96. The Morgan fingerprint density at radius 2 is 1.90 bits per heavy atom. The molecular weight excluding hydrogens is 406 g/mol. The zero-order chi connectivity index (χ0) is 21.1. The van der Waals surface area contributed by atoms with Crippen LogP contribution in [0.2, 0.25) is 5.02 Å². The van der Waals surface area contributed by atoms with Crippen LogP contribution in [0.25, 0.3) is 11.0 Å². The van der Waals surface area contributed by atoms with Gasteiger partial charge in [0.2, 0.25) is 5.95 Å². The fraction of sp³-hybridized carbons (Fsp3) is 0.100. The summed E-state index contributed by atoms with van der Waals surface area (Å²) in [6, 6.07) is 12.6. The lowest BCUT2D eigenvalue weighted by Crippen LogP contribution is -2.19. The zero-order valence-corrected chi connectivity index (χ0v) is 16.7. The van der Waals surface area contributed by atoms with E-state index in [1.165, 1.54) is 12.4 Å². The zero-order valence-electron chi connectivity index (χ0n) is 16.0. The van der Waals surface area contributed by atoms with E-state index in [0.717, 1.165) is 16.6 Å². The SMILES string of the molecule is Cn1c(NCc2ccc(Oc3ncc(Cl)cn3)cc2)nc2ccc(NC(N)=O)cc21. The molecule has 9 nitrogen and oxygen atoms in total. The van der Waals surface area contributed by atoms with Gasteiger partial charge in [-0.15, -0.1) is 0 Å². The van der Waals surface area contributed by atoms with Crippen molar-refractivity contribution in [3.05, 3.63) is 65.4 Å². The number of ether oxygens (including phenoxy) is 1. The van der Waals surface area contributed by atoms with Crippen LogP contribution in [0, 0.1) is 0 Å². The lowest BCUT2D eigenvalue weighted by atomic mass is 10.2. The molecule has 0 atom stereocenters. The van der Waals surface area contributed by atoms with E-state index in [2.05, 4.69) is 25.6 Å². The number of anilines is 2. The number of primary amides is 1. The quantitative estimate of drug-likeness (QED) is 0.432. The van der Waals surface area contributed by atoms with Crippen LogP contribution < -0.4 is 21.1 Å². The number of nitrogens with zero attached hydrogens (tertiary/aromatic N) is 4. The molecule has 152 valence electrons. The molecule has 4 rings (SSSR count). The van der Waals surface area contributed by atoms with Crippen LogP contribution in [0.4, 0.5) is 16.4 Å². The molecule has 0 bridgehead atoms. The fourth-order valence-corrected chi connectivity index (χ4v) is 2.98. The number of rotatable bonds is 6. The van der Waals surface area contributed by atoms with Gasteiger partial charge in [0.05, 0.1) is 28.4 Å². The van der Waals surface area contributed by atoms with Gasteiger partial charge in [0, 0.05) is 19.3 Å². The highest BCUT2D eigenvalue weighted by Crippen LogP contribution is 2.23. The van der Waals surface area contributed by atoms with E-state index < -0.39 is 6.03 Å². The van der Waals surface area contributed by atoms with Crippen LogP contribution in [0.3, 0.4) is 0 Å². The summed E-state index contributed by atoms with van der Waals surface area (Å²) in [5.74, 6) is 1.33. The number of nitrogens with one attached hydrogen (secondary N) is 2. The Morgan fingerprint density at radius 3 is 2.60 bits per heavy atom. The second-order valence-electron chi connectivity index (χ2n) is 6.47. The third-order valence-electron chi connectivity index (χ3n) is 4.33. The topological polar surface area (TPSA) is 120 Å². The second-order valence-corrected chi connectivity index (χ2v) is 6.91. The van der Waals surface area contributed by atoms with Gasteiger partial charge in [-0.3, -0.25) is 0 Å². The maximum absolute atomic E-state index is 11.0. The van der Waals surface area contributed by atoms with Crippen LogP contribution in [-0.4, -0.2) is 25.6 Å². The highest BCUT2D eigenvalue weighted by Gasteiger charge is 2.09. The summed E-state index contributed by atoms with van der Waals surface area (Å²) >= 11 is 5.77. The Balaban J connectivity index is 1.42. The van der Waals surface area contributed by atoms with Gasteiger partial charge in [0.1, 0.15) is 5.75 Å². The van der Waals surface area contributed by atoms with Gasteiger partial charge in [0.15, 0.2) is 0 Å². The Kier molecular flexibility index (Phi) is 5.36. The molecule has 4 aromatic rings. The summed E-state index contributed by atoms with van der Waals surface area (Å²) in [4.78, 5) is 23.6. The first-order chi connectivity index (χ1) is 14.5. The van der Waals surface area contributed by atoms with Crippen molar-refractivity contribution in [2.75, 3.05) is 10.6 Å². The van der Waals surface area contributed by atoms with Crippen LogP contribution in [0.15, 0.2) is 54.9 Å². The van der Waals surface area contributed by atoms with Crippen LogP contribution in [0.1, 0.15) is 5.56 Å². The van der Waals surface area contributed by atoms with Gasteiger partial charge < -0.3 is 25.7 Å². The molecule has 0 spiro atoms. The number of aromatic nitrogens is 4. The number of nitrogens with two attached hydrogens (primary N) is 1. The molecule has 0 aliphatic heterocycles. The van der Waals surface area contributed by atoms with E-state index in [9.17, 15) is 4.79 Å². The molecule has 2 heterocycles. The van der Waals surface area contributed by atoms with E-state index in [-0.39, 0.29) is 6.01 Å². The Hall–Kier alpha value is -3.85. The van der Waals surface area contributed by atoms with Gasteiger partial charge in [-0.25, -0.2) is 19.7 Å². The predicted octanol–water partition coefficient (Wildman–Crippen LogP) is 3.91. The summed E-state index contributed by atoms with van der Waals surface area (Å²) < 4.78 is 7.51. The molecule has 0 unspecified atom stereocenters. The Bertz CT molecular complexity index is 1190. The van der Waals surface area contributed by atoms with Crippen molar-refractivity contribution < 1.29 is 9.53 Å². The number of hydrogen-bond acceptors (Lipinski definition) is 6. The van der Waals surface area contributed by atoms with Crippen molar-refractivity contribution in [2.45, 2.75) is 6.54 Å². The van der Waals surface area contributed by atoms with Gasteiger partial charge in [0.25, 0.3) is 0 Å². The molecule has 2 aromatic heterocycles. The van der Waals surface area contributed by atoms with Crippen molar-refractivity contribution >= 4 is 40.3 Å². The molecule has 10 heteroatoms. The Labute approximate surface area is 176 Å². The van der Waals surface area contributed by atoms with Crippen molar-refractivity contribution in [3.63, 3.8) is 0 Å². The number of aryl methyl sites for hydroxylation is 1. The van der Waals surface area contributed by atoms with Gasteiger partial charge >= 0.3 is 12.0 Å². The van der Waals surface area contributed by atoms with E-state index in [1.54, 1.807) is 6.07 Å². The molecule has 0 radical (unpaired) electrons. The molecule has 30 heavy (non-hydrogen) atoms. The monoisotopic (exact) mass is 423 g/mol. The first-order valence-corrected chi connectivity index (χ1v) is 9.37. The maximum atomic E-state index is 11.0. The van der Waals surface area contributed by atoms with Crippen molar-refractivity contribution in [2.24, 2.45) is 12.8 Å². The average molecular weight is 424 g/mol. The average Bonchev–Trinajstić information content (AvgIpc) is 3.04. The number of carbonyl (C=O) groups is 1. The van der Waals surface area contributed by atoms with E-state index >= 15 is 0 Å². The summed E-state index contributed by atoms with van der Waals surface area (Å²) in [7, 11) is 1.90. The largest absolute Gasteiger partial charge is 0.424 e. The molecule has 2 aromatic carbocycles. The normalized spacial score (nSPS) is 10.7. The summed E-state index contributed by atoms with van der Waals surface area (Å²) in [5, 5.41) is 6.33. The minimum Gasteiger partial charge on any atom is -0.424 e. The molecule has 4 N–H and O–H groups in total. The number of fused-ring (bicyclic) bond motifs is 1. The van der Waals surface area contributed by atoms with Gasteiger partial charge in [-0.1, -0.05) is 23.7 Å².